The molecule has 4 atom stereocenters. The normalized spacial score (nSPS) is 23.4. The summed E-state index contributed by atoms with van der Waals surface area (Å²) in [5, 5.41) is 5.43. The van der Waals surface area contributed by atoms with Crippen molar-refractivity contribution >= 4 is 38.8 Å². The van der Waals surface area contributed by atoms with Crippen LogP contribution in [-0.2, 0) is 6.42 Å². The van der Waals surface area contributed by atoms with Crippen LogP contribution in [0.3, 0.4) is 0 Å². The first-order valence-corrected chi connectivity index (χ1v) is 20.5. The maximum atomic E-state index is 6.96. The van der Waals surface area contributed by atoms with E-state index < -0.39 is 0 Å². The van der Waals surface area contributed by atoms with E-state index in [2.05, 4.69) is 196 Å². The molecule has 5 aromatic carbocycles. The second-order valence-corrected chi connectivity index (χ2v) is 16.4. The van der Waals surface area contributed by atoms with Gasteiger partial charge in [0.15, 0.2) is 0 Å². The summed E-state index contributed by atoms with van der Waals surface area (Å²) in [6.07, 6.45) is 37.1. The maximum Gasteiger partial charge on any atom is 0.0287 e. The summed E-state index contributed by atoms with van der Waals surface area (Å²) in [4.78, 5) is 0. The van der Waals surface area contributed by atoms with Crippen LogP contribution in [0.2, 0.25) is 0 Å². The maximum absolute atomic E-state index is 6.96. The molecular formula is C55H51N. The molecule has 0 heterocycles. The lowest BCUT2D eigenvalue weighted by Crippen LogP contribution is -2.23. The Morgan fingerprint density at radius 3 is 2.20 bits per heavy atom. The fourth-order valence-electron chi connectivity index (χ4n) is 9.23. The molecule has 2 N–H and O–H groups in total. The van der Waals surface area contributed by atoms with Crippen molar-refractivity contribution in [1.29, 1.82) is 0 Å². The number of aryl methyl sites for hydroxylation is 1. The van der Waals surface area contributed by atoms with Gasteiger partial charge in [0, 0.05) is 17.0 Å². The molecule has 4 aliphatic rings. The zero-order valence-corrected chi connectivity index (χ0v) is 32.7. The van der Waals surface area contributed by atoms with Crippen LogP contribution in [0, 0.1) is 23.2 Å². The van der Waals surface area contributed by atoms with Crippen LogP contribution in [0.1, 0.15) is 61.8 Å². The lowest BCUT2D eigenvalue weighted by molar-refractivity contribution is 0.506. The number of hydrogen-bond donors (Lipinski definition) is 1. The van der Waals surface area contributed by atoms with Crippen LogP contribution < -0.4 is 5.73 Å². The van der Waals surface area contributed by atoms with E-state index >= 15 is 0 Å². The third-order valence-electron chi connectivity index (χ3n) is 12.7. The smallest absolute Gasteiger partial charge is 0.0287 e. The molecule has 0 bridgehead atoms. The number of hydrogen-bond acceptors (Lipinski definition) is 1. The molecule has 0 saturated heterocycles. The fourth-order valence-corrected chi connectivity index (χ4v) is 9.23. The molecule has 4 unspecified atom stereocenters. The molecule has 0 fully saturated rings. The van der Waals surface area contributed by atoms with E-state index in [1.165, 1.54) is 71.6 Å². The molecule has 0 saturated carbocycles. The third-order valence-corrected chi connectivity index (χ3v) is 12.7. The van der Waals surface area contributed by atoms with Gasteiger partial charge >= 0.3 is 0 Å². The molecule has 0 aliphatic heterocycles. The topological polar surface area (TPSA) is 26.0 Å². The Balaban J connectivity index is 1.03. The fraction of sp³-hybridized carbons (Fsp3) is 0.200. The molecule has 1 nitrogen and oxygen atoms in total. The summed E-state index contributed by atoms with van der Waals surface area (Å²) in [5.41, 5.74) is 19.6. The third kappa shape index (κ3) is 7.03. The SMILES string of the molecule is CC1C=CC=CC1C/C=C(\C=C(/N)C1(C)C=CC=CC1)C1C=C(c2cccc(-c3cccc(C4=Cc5c(c6ccccc6c6ccccc56)CC4)c3)c2)C=CC1. The van der Waals surface area contributed by atoms with Crippen molar-refractivity contribution in [2.45, 2.75) is 46.0 Å². The first-order chi connectivity index (χ1) is 27.4. The minimum atomic E-state index is -0.173. The van der Waals surface area contributed by atoms with Gasteiger partial charge in [-0.1, -0.05) is 178 Å². The van der Waals surface area contributed by atoms with Crippen LogP contribution in [0.5, 0.6) is 0 Å². The van der Waals surface area contributed by atoms with Gasteiger partial charge in [0.1, 0.15) is 0 Å². The zero-order chi connectivity index (χ0) is 38.1. The minimum absolute atomic E-state index is 0.173. The lowest BCUT2D eigenvalue weighted by atomic mass is 9.78. The van der Waals surface area contributed by atoms with Gasteiger partial charge in [-0.05, 0) is 134 Å². The Morgan fingerprint density at radius 2 is 1.43 bits per heavy atom. The van der Waals surface area contributed by atoms with Crippen molar-refractivity contribution in [3.8, 4) is 11.1 Å². The van der Waals surface area contributed by atoms with Gasteiger partial charge in [-0.3, -0.25) is 0 Å². The molecule has 56 heavy (non-hydrogen) atoms. The highest BCUT2D eigenvalue weighted by molar-refractivity contribution is 6.14. The molecule has 1 heteroatoms. The van der Waals surface area contributed by atoms with Crippen molar-refractivity contribution in [3.05, 3.63) is 210 Å². The van der Waals surface area contributed by atoms with E-state index in [1.54, 1.807) is 0 Å². The zero-order valence-electron chi connectivity index (χ0n) is 32.7. The molecular weight excluding hydrogens is 675 g/mol. The first-order valence-electron chi connectivity index (χ1n) is 20.5. The Hall–Kier alpha value is -5.92. The van der Waals surface area contributed by atoms with Crippen molar-refractivity contribution in [2.24, 2.45) is 28.9 Å². The van der Waals surface area contributed by atoms with Gasteiger partial charge in [-0.15, -0.1) is 0 Å². The van der Waals surface area contributed by atoms with E-state index in [4.69, 9.17) is 5.73 Å². The van der Waals surface area contributed by atoms with E-state index in [1.807, 2.05) is 0 Å². The standard InChI is InChI=1S/C55H51N/c1-38-15-4-5-16-39(38)27-28-47(37-54(56)55(2)31-10-3-11-32-55)45-22-14-20-43(35-45)41-18-12-17-40(33-41)42-19-13-21-44(34-42)46-29-30-52-50-25-7-6-23-48(50)49-24-8-9-26-51(49)53(52)36-46/h3-21,23-26,28,31,33-39,45H,22,27,29-30,32,56H2,1-2H3/b47-28+,54-37-. The largest absolute Gasteiger partial charge is 0.401 e. The van der Waals surface area contributed by atoms with Crippen LogP contribution in [0.25, 0.3) is 49.9 Å². The van der Waals surface area contributed by atoms with Crippen LogP contribution in [0.4, 0.5) is 0 Å². The van der Waals surface area contributed by atoms with Crippen LogP contribution >= 0.6 is 0 Å². The summed E-state index contributed by atoms with van der Waals surface area (Å²) in [7, 11) is 0. The quantitative estimate of drug-likeness (QED) is 0.125. The Morgan fingerprint density at radius 1 is 0.732 bits per heavy atom. The van der Waals surface area contributed by atoms with Gasteiger partial charge in [-0.25, -0.2) is 0 Å². The predicted octanol–water partition coefficient (Wildman–Crippen LogP) is 14.2. The van der Waals surface area contributed by atoms with Crippen molar-refractivity contribution in [3.63, 3.8) is 0 Å². The van der Waals surface area contributed by atoms with Crippen molar-refractivity contribution in [1.82, 2.24) is 0 Å². The molecule has 276 valence electrons. The highest BCUT2D eigenvalue weighted by atomic mass is 14.6. The van der Waals surface area contributed by atoms with Crippen LogP contribution in [0.15, 0.2) is 187 Å². The van der Waals surface area contributed by atoms with Gasteiger partial charge < -0.3 is 5.73 Å². The van der Waals surface area contributed by atoms with Gasteiger partial charge in [0.2, 0.25) is 0 Å². The monoisotopic (exact) mass is 725 g/mol. The van der Waals surface area contributed by atoms with Crippen molar-refractivity contribution < 1.29 is 0 Å². The Bertz CT molecular complexity index is 2610. The average molecular weight is 726 g/mol. The van der Waals surface area contributed by atoms with Crippen molar-refractivity contribution in [2.75, 3.05) is 0 Å². The number of rotatable bonds is 8. The number of allylic oxidation sites excluding steroid dienone is 16. The summed E-state index contributed by atoms with van der Waals surface area (Å²) in [6.45, 7) is 4.57. The van der Waals surface area contributed by atoms with Crippen LogP contribution in [-0.4, -0.2) is 0 Å². The second kappa shape index (κ2) is 15.3. The van der Waals surface area contributed by atoms with E-state index in [0.717, 1.165) is 37.8 Å². The van der Waals surface area contributed by atoms with Gasteiger partial charge in [0.25, 0.3) is 0 Å². The summed E-state index contributed by atoms with van der Waals surface area (Å²) in [6, 6.07) is 36.1. The Labute approximate surface area is 333 Å². The van der Waals surface area contributed by atoms with Gasteiger partial charge in [-0.2, -0.15) is 0 Å². The molecule has 0 radical (unpaired) electrons. The lowest BCUT2D eigenvalue weighted by Gasteiger charge is -2.29. The second-order valence-electron chi connectivity index (χ2n) is 16.4. The number of fused-ring (bicyclic) bond motifs is 6. The average Bonchev–Trinajstić information content (AvgIpc) is 3.26. The molecule has 0 spiro atoms. The van der Waals surface area contributed by atoms with Gasteiger partial charge in [0.05, 0.1) is 0 Å². The highest BCUT2D eigenvalue weighted by Crippen LogP contribution is 2.41. The Kier molecular flexibility index (Phi) is 9.78. The summed E-state index contributed by atoms with van der Waals surface area (Å²) in [5.74, 6) is 1.26. The predicted molar refractivity (Wildman–Crippen MR) is 242 cm³/mol. The minimum Gasteiger partial charge on any atom is -0.401 e. The summed E-state index contributed by atoms with van der Waals surface area (Å²) >= 11 is 0. The number of nitrogens with two attached hydrogens (primary N) is 1. The molecule has 0 aromatic heterocycles. The molecule has 5 aromatic rings. The van der Waals surface area contributed by atoms with E-state index in [9.17, 15) is 0 Å². The number of benzene rings is 5. The highest BCUT2D eigenvalue weighted by Gasteiger charge is 2.26. The molecule has 4 aliphatic carbocycles. The molecule has 9 rings (SSSR count). The van der Waals surface area contributed by atoms with E-state index in [-0.39, 0.29) is 11.3 Å². The first kappa shape index (κ1) is 35.8. The summed E-state index contributed by atoms with van der Waals surface area (Å²) < 4.78 is 0. The molecule has 0 amide bonds. The van der Waals surface area contributed by atoms with E-state index in [0.29, 0.717) is 11.8 Å².